The molecule has 1 fully saturated rings. The highest BCUT2D eigenvalue weighted by atomic mass is 16.4. The Hall–Kier alpha value is -1.79. The van der Waals surface area contributed by atoms with Gasteiger partial charge in [-0.05, 0) is 18.8 Å². The van der Waals surface area contributed by atoms with Crippen LogP contribution in [-0.4, -0.2) is 48.4 Å². The van der Waals surface area contributed by atoms with Crippen molar-refractivity contribution in [3.05, 3.63) is 0 Å². The van der Waals surface area contributed by atoms with Crippen LogP contribution >= 0.6 is 0 Å². The molecule has 0 saturated heterocycles. The number of amides is 2. The lowest BCUT2D eigenvalue weighted by atomic mass is 9.61. The maximum absolute atomic E-state index is 12.3. The molecule has 18 heavy (non-hydrogen) atoms. The Morgan fingerprint density at radius 1 is 1.56 bits per heavy atom. The number of hydrogen-bond donors (Lipinski definition) is 3. The first-order valence-corrected chi connectivity index (χ1v) is 5.81. The molecule has 1 saturated carbocycles. The van der Waals surface area contributed by atoms with E-state index in [0.29, 0.717) is 18.8 Å². The lowest BCUT2D eigenvalue weighted by Crippen LogP contribution is -2.57. The lowest BCUT2D eigenvalue weighted by Gasteiger charge is -2.45. The summed E-state index contributed by atoms with van der Waals surface area (Å²) in [6, 6.07) is 0. The van der Waals surface area contributed by atoms with Crippen molar-refractivity contribution in [2.45, 2.75) is 19.8 Å². The van der Waals surface area contributed by atoms with Gasteiger partial charge in [0.1, 0.15) is 5.41 Å². The van der Waals surface area contributed by atoms with Crippen molar-refractivity contribution in [1.82, 2.24) is 10.2 Å². The molecule has 0 bridgehead atoms. The average molecular weight is 256 g/mol. The second kappa shape index (κ2) is 5.24. The first-order chi connectivity index (χ1) is 8.37. The molecule has 4 N–H and O–H groups in total. The van der Waals surface area contributed by atoms with E-state index in [1.54, 1.807) is 0 Å². The van der Waals surface area contributed by atoms with E-state index >= 15 is 0 Å². The summed E-state index contributed by atoms with van der Waals surface area (Å²) in [4.78, 5) is 24.9. The minimum Gasteiger partial charge on any atom is -0.409 e. The van der Waals surface area contributed by atoms with Crippen LogP contribution in [0.5, 0.6) is 0 Å². The molecule has 7 heteroatoms. The molecular weight excluding hydrogens is 236 g/mol. The van der Waals surface area contributed by atoms with Crippen LogP contribution in [0.4, 0.5) is 0 Å². The van der Waals surface area contributed by atoms with Crippen molar-refractivity contribution < 1.29 is 14.8 Å². The topological polar surface area (TPSA) is 108 Å². The van der Waals surface area contributed by atoms with E-state index in [2.05, 4.69) is 10.5 Å². The summed E-state index contributed by atoms with van der Waals surface area (Å²) in [7, 11) is 3.04. The second-order valence-electron chi connectivity index (χ2n) is 4.92. The van der Waals surface area contributed by atoms with Crippen molar-refractivity contribution >= 4 is 17.6 Å². The number of carbonyl (C=O) groups excluding carboxylic acids is 2. The molecule has 0 heterocycles. The third kappa shape index (κ3) is 2.39. The van der Waals surface area contributed by atoms with Gasteiger partial charge in [-0.3, -0.25) is 9.59 Å². The van der Waals surface area contributed by atoms with Crippen molar-refractivity contribution in [2.24, 2.45) is 22.2 Å². The summed E-state index contributed by atoms with van der Waals surface area (Å²) >= 11 is 0. The largest absolute Gasteiger partial charge is 0.409 e. The van der Waals surface area contributed by atoms with Gasteiger partial charge in [-0.15, -0.1) is 0 Å². The monoisotopic (exact) mass is 256 g/mol. The highest BCUT2D eigenvalue weighted by molar-refractivity contribution is 6.08. The fraction of sp³-hybridized carbons (Fsp3) is 0.727. The van der Waals surface area contributed by atoms with Gasteiger partial charge >= 0.3 is 0 Å². The van der Waals surface area contributed by atoms with E-state index in [4.69, 9.17) is 10.9 Å². The average Bonchev–Trinajstić information content (AvgIpc) is 2.32. The van der Waals surface area contributed by atoms with Crippen molar-refractivity contribution in [3.8, 4) is 0 Å². The molecule has 102 valence electrons. The van der Waals surface area contributed by atoms with Gasteiger partial charge in [0.25, 0.3) is 0 Å². The van der Waals surface area contributed by atoms with E-state index in [1.165, 1.54) is 19.0 Å². The van der Waals surface area contributed by atoms with E-state index in [1.807, 2.05) is 6.92 Å². The molecule has 0 aromatic carbocycles. The Balaban J connectivity index is 2.82. The zero-order chi connectivity index (χ0) is 13.9. The van der Waals surface area contributed by atoms with E-state index in [-0.39, 0.29) is 24.2 Å². The Morgan fingerprint density at radius 2 is 2.11 bits per heavy atom. The summed E-state index contributed by atoms with van der Waals surface area (Å²) in [6.45, 7) is 1.96. The molecule has 1 rings (SSSR count). The van der Waals surface area contributed by atoms with Gasteiger partial charge in [-0.2, -0.15) is 0 Å². The number of carbonyl (C=O) groups is 2. The van der Waals surface area contributed by atoms with Crippen LogP contribution in [0.1, 0.15) is 19.8 Å². The third-order valence-corrected chi connectivity index (χ3v) is 3.41. The first kappa shape index (κ1) is 14.3. The van der Waals surface area contributed by atoms with Gasteiger partial charge in [-0.1, -0.05) is 12.1 Å². The molecule has 2 amide bonds. The van der Waals surface area contributed by atoms with Crippen LogP contribution in [-0.2, 0) is 9.59 Å². The molecule has 0 radical (unpaired) electrons. The molecule has 0 atom stereocenters. The SMILES string of the molecule is CNC(=O)CN(C)C(=O)C1(C(N)=NO)CC(C)C1. The summed E-state index contributed by atoms with van der Waals surface area (Å²) in [5, 5.41) is 14.2. The van der Waals surface area contributed by atoms with Crippen LogP contribution in [0.2, 0.25) is 0 Å². The Bertz CT molecular complexity index is 374. The van der Waals surface area contributed by atoms with Gasteiger partial charge in [0.05, 0.1) is 6.54 Å². The number of likely N-dealkylation sites (N-methyl/N-ethyl adjacent to an activating group) is 2. The predicted octanol–water partition coefficient (Wildman–Crippen LogP) is -0.646. The van der Waals surface area contributed by atoms with E-state index in [9.17, 15) is 9.59 Å². The van der Waals surface area contributed by atoms with E-state index < -0.39 is 5.41 Å². The van der Waals surface area contributed by atoms with Crippen LogP contribution in [0, 0.1) is 11.3 Å². The summed E-state index contributed by atoms with van der Waals surface area (Å²) in [6.07, 6.45) is 1.08. The van der Waals surface area contributed by atoms with Gasteiger partial charge < -0.3 is 21.2 Å². The van der Waals surface area contributed by atoms with Crippen LogP contribution in [0.15, 0.2) is 5.16 Å². The van der Waals surface area contributed by atoms with Crippen LogP contribution < -0.4 is 11.1 Å². The Morgan fingerprint density at radius 3 is 2.50 bits per heavy atom. The molecule has 0 aliphatic heterocycles. The van der Waals surface area contributed by atoms with Crippen LogP contribution in [0.25, 0.3) is 0 Å². The standard InChI is InChI=1S/C11H20N4O3/c1-7-4-11(5-7,9(12)14-18)10(17)15(3)6-8(16)13-2/h7,18H,4-6H2,1-3H3,(H2,12,14)(H,13,16). The number of oxime groups is 1. The minimum atomic E-state index is -0.947. The fourth-order valence-electron chi connectivity index (χ4n) is 2.45. The first-order valence-electron chi connectivity index (χ1n) is 5.81. The van der Waals surface area contributed by atoms with Crippen molar-refractivity contribution in [3.63, 3.8) is 0 Å². The summed E-state index contributed by atoms with van der Waals surface area (Å²) < 4.78 is 0. The Kier molecular flexibility index (Phi) is 4.15. The maximum atomic E-state index is 12.3. The summed E-state index contributed by atoms with van der Waals surface area (Å²) in [5.74, 6) is -0.260. The van der Waals surface area contributed by atoms with Gasteiger partial charge in [0.2, 0.25) is 11.8 Å². The molecule has 0 unspecified atom stereocenters. The minimum absolute atomic E-state index is 0.0375. The quantitative estimate of drug-likeness (QED) is 0.269. The molecule has 0 aromatic rings. The van der Waals surface area contributed by atoms with Gasteiger partial charge in [0.15, 0.2) is 5.84 Å². The number of rotatable bonds is 4. The van der Waals surface area contributed by atoms with Gasteiger partial charge in [-0.25, -0.2) is 0 Å². The molecular formula is C11H20N4O3. The number of nitrogens with two attached hydrogens (primary N) is 1. The zero-order valence-corrected chi connectivity index (χ0v) is 10.9. The zero-order valence-electron chi connectivity index (χ0n) is 10.9. The second-order valence-corrected chi connectivity index (χ2v) is 4.92. The number of nitrogens with zero attached hydrogens (tertiary/aromatic N) is 2. The smallest absolute Gasteiger partial charge is 0.239 e. The van der Waals surface area contributed by atoms with Crippen molar-refractivity contribution in [1.29, 1.82) is 0 Å². The van der Waals surface area contributed by atoms with E-state index in [0.717, 1.165) is 0 Å². The molecule has 1 aliphatic rings. The predicted molar refractivity (Wildman–Crippen MR) is 65.9 cm³/mol. The van der Waals surface area contributed by atoms with Crippen LogP contribution in [0.3, 0.4) is 0 Å². The Labute approximate surface area is 106 Å². The normalized spacial score (nSPS) is 27.3. The maximum Gasteiger partial charge on any atom is 0.239 e. The fourth-order valence-corrected chi connectivity index (χ4v) is 2.45. The molecule has 1 aliphatic carbocycles. The summed E-state index contributed by atoms with van der Waals surface area (Å²) in [5.41, 5.74) is 4.68. The molecule has 0 aromatic heterocycles. The highest BCUT2D eigenvalue weighted by Crippen LogP contribution is 2.46. The molecule has 0 spiro atoms. The number of amidine groups is 1. The third-order valence-electron chi connectivity index (χ3n) is 3.41. The number of nitrogens with one attached hydrogen (secondary N) is 1. The number of hydrogen-bond acceptors (Lipinski definition) is 4. The lowest BCUT2D eigenvalue weighted by molar-refractivity contribution is -0.145. The molecule has 7 nitrogen and oxygen atoms in total. The highest BCUT2D eigenvalue weighted by Gasteiger charge is 2.53. The van der Waals surface area contributed by atoms with Gasteiger partial charge in [0, 0.05) is 14.1 Å². The van der Waals surface area contributed by atoms with Crippen molar-refractivity contribution in [2.75, 3.05) is 20.6 Å².